The highest BCUT2D eigenvalue weighted by atomic mass is 19.3. The third-order valence-electron chi connectivity index (χ3n) is 3.12. The Morgan fingerprint density at radius 1 is 1.10 bits per heavy atom. The van der Waals surface area contributed by atoms with E-state index in [2.05, 4.69) is 4.74 Å². The number of halogens is 2. The van der Waals surface area contributed by atoms with Gasteiger partial charge in [0.15, 0.2) is 0 Å². The van der Waals surface area contributed by atoms with Crippen LogP contribution in [-0.4, -0.2) is 19.7 Å². The normalized spacial score (nSPS) is 12.4. The summed E-state index contributed by atoms with van der Waals surface area (Å²) in [5.41, 5.74) is 0.763. The fourth-order valence-corrected chi connectivity index (χ4v) is 2.00. The smallest absolute Gasteiger partial charge is 0.387 e. The molecule has 0 N–H and O–H groups in total. The number of carbonyl (C=O) groups is 1. The number of rotatable bonds is 4. The van der Waals surface area contributed by atoms with E-state index in [9.17, 15) is 13.6 Å². The monoisotopic (exact) mass is 280 g/mol. The molecule has 0 amide bonds. The van der Waals surface area contributed by atoms with E-state index >= 15 is 0 Å². The summed E-state index contributed by atoms with van der Waals surface area (Å²) in [6, 6.07) is 10.1. The Morgan fingerprint density at radius 3 is 2.45 bits per heavy atom. The second-order valence-electron chi connectivity index (χ2n) is 4.39. The first-order valence-electron chi connectivity index (χ1n) is 6.07. The Morgan fingerprint density at radius 2 is 1.80 bits per heavy atom. The number of esters is 1. The number of ether oxygens (including phenoxy) is 2. The summed E-state index contributed by atoms with van der Waals surface area (Å²) in [5, 5.41) is 1.61. The molecule has 0 aliphatic carbocycles. The molecule has 0 radical (unpaired) electrons. The topological polar surface area (TPSA) is 35.5 Å². The molecule has 0 aromatic heterocycles. The van der Waals surface area contributed by atoms with Gasteiger partial charge in [-0.3, -0.25) is 4.79 Å². The Hall–Kier alpha value is -2.17. The van der Waals surface area contributed by atoms with E-state index in [-0.39, 0.29) is 11.7 Å². The van der Waals surface area contributed by atoms with Crippen molar-refractivity contribution in [2.45, 2.75) is 19.5 Å². The summed E-state index contributed by atoms with van der Waals surface area (Å²) in [5.74, 6) is -0.663. The van der Waals surface area contributed by atoms with Gasteiger partial charge in [0, 0.05) is 0 Å². The van der Waals surface area contributed by atoms with Gasteiger partial charge in [0.1, 0.15) is 5.75 Å². The van der Waals surface area contributed by atoms with Gasteiger partial charge in [-0.1, -0.05) is 24.3 Å². The molecule has 2 aromatic rings. The van der Waals surface area contributed by atoms with Crippen LogP contribution in [-0.2, 0) is 9.53 Å². The molecule has 106 valence electrons. The van der Waals surface area contributed by atoms with Crippen LogP contribution in [0.15, 0.2) is 36.4 Å². The van der Waals surface area contributed by atoms with Crippen molar-refractivity contribution in [3.8, 4) is 5.75 Å². The van der Waals surface area contributed by atoms with E-state index in [1.165, 1.54) is 19.2 Å². The van der Waals surface area contributed by atoms with Crippen molar-refractivity contribution in [1.29, 1.82) is 0 Å². The number of hydrogen-bond acceptors (Lipinski definition) is 3. The molecule has 0 fully saturated rings. The van der Waals surface area contributed by atoms with E-state index < -0.39 is 12.5 Å². The van der Waals surface area contributed by atoms with Crippen LogP contribution < -0.4 is 4.74 Å². The summed E-state index contributed by atoms with van der Waals surface area (Å²) < 4.78 is 33.5. The Labute approximate surface area is 115 Å². The molecule has 0 spiro atoms. The molecule has 20 heavy (non-hydrogen) atoms. The summed E-state index contributed by atoms with van der Waals surface area (Å²) in [6.07, 6.45) is 0. The number of benzene rings is 2. The van der Waals surface area contributed by atoms with Gasteiger partial charge in [0.25, 0.3) is 0 Å². The average molecular weight is 280 g/mol. The van der Waals surface area contributed by atoms with Crippen LogP contribution in [0.4, 0.5) is 8.78 Å². The average Bonchev–Trinajstić information content (AvgIpc) is 2.44. The first kappa shape index (κ1) is 14.2. The predicted molar refractivity (Wildman–Crippen MR) is 71.0 cm³/mol. The second kappa shape index (κ2) is 5.86. The minimum Gasteiger partial charge on any atom is -0.469 e. The van der Waals surface area contributed by atoms with Crippen LogP contribution in [0.25, 0.3) is 10.8 Å². The first-order valence-corrected chi connectivity index (χ1v) is 6.07. The number of hydrogen-bond donors (Lipinski definition) is 0. The Bertz CT molecular complexity index is 626. The number of alkyl halides is 2. The van der Waals surface area contributed by atoms with Gasteiger partial charge in [-0.15, -0.1) is 0 Å². The molecular weight excluding hydrogens is 266 g/mol. The lowest BCUT2D eigenvalue weighted by atomic mass is 9.98. The fourth-order valence-electron chi connectivity index (χ4n) is 2.00. The number of methoxy groups -OCH3 is 1. The zero-order valence-electron chi connectivity index (χ0n) is 11.1. The zero-order chi connectivity index (χ0) is 14.7. The number of carbonyl (C=O) groups excluding carboxylic acids is 1. The third kappa shape index (κ3) is 3.04. The van der Waals surface area contributed by atoms with E-state index in [4.69, 9.17) is 4.74 Å². The molecule has 2 rings (SSSR count). The lowest BCUT2D eigenvalue weighted by Crippen LogP contribution is -2.10. The molecule has 0 bridgehead atoms. The van der Waals surface area contributed by atoms with E-state index in [1.807, 2.05) is 12.1 Å². The van der Waals surface area contributed by atoms with Gasteiger partial charge in [-0.25, -0.2) is 0 Å². The largest absolute Gasteiger partial charge is 0.469 e. The maximum absolute atomic E-state index is 12.2. The van der Waals surface area contributed by atoms with Crippen LogP contribution in [0, 0.1) is 0 Å². The van der Waals surface area contributed by atoms with Crippen molar-refractivity contribution in [3.05, 3.63) is 42.0 Å². The van der Waals surface area contributed by atoms with Crippen molar-refractivity contribution in [3.63, 3.8) is 0 Å². The summed E-state index contributed by atoms with van der Waals surface area (Å²) in [6.45, 7) is -1.13. The standard InChI is InChI=1S/C15H14F2O3/c1-9(14(18)19-2)11-4-3-10-5-6-13(20-15(16)17)8-12(10)7-11/h3-9,15H,1-2H3. The van der Waals surface area contributed by atoms with Crippen molar-refractivity contribution >= 4 is 16.7 Å². The summed E-state index contributed by atoms with van der Waals surface area (Å²) >= 11 is 0. The Kier molecular flexibility index (Phi) is 4.17. The number of fused-ring (bicyclic) bond motifs is 1. The highest BCUT2D eigenvalue weighted by Gasteiger charge is 2.16. The van der Waals surface area contributed by atoms with Gasteiger partial charge in [-0.2, -0.15) is 8.78 Å². The van der Waals surface area contributed by atoms with Crippen LogP contribution in [0.2, 0.25) is 0 Å². The van der Waals surface area contributed by atoms with Gasteiger partial charge < -0.3 is 9.47 Å². The van der Waals surface area contributed by atoms with Gasteiger partial charge in [0.2, 0.25) is 0 Å². The third-order valence-corrected chi connectivity index (χ3v) is 3.12. The minimum absolute atomic E-state index is 0.0929. The van der Waals surface area contributed by atoms with E-state index in [0.29, 0.717) is 0 Å². The fraction of sp³-hybridized carbons (Fsp3) is 0.267. The van der Waals surface area contributed by atoms with Crippen molar-refractivity contribution in [2.24, 2.45) is 0 Å². The SMILES string of the molecule is COC(=O)C(C)c1ccc2ccc(OC(F)F)cc2c1. The molecule has 1 atom stereocenters. The van der Waals surface area contributed by atoms with Crippen LogP contribution in [0.3, 0.4) is 0 Å². The zero-order valence-corrected chi connectivity index (χ0v) is 11.1. The predicted octanol–water partition coefficient (Wildman–Crippen LogP) is 3.72. The molecule has 0 aliphatic rings. The van der Waals surface area contributed by atoms with Crippen LogP contribution >= 0.6 is 0 Å². The molecule has 0 heterocycles. The molecule has 5 heteroatoms. The summed E-state index contributed by atoms with van der Waals surface area (Å²) in [4.78, 5) is 11.5. The van der Waals surface area contributed by atoms with E-state index in [0.717, 1.165) is 16.3 Å². The molecule has 2 aromatic carbocycles. The minimum atomic E-state index is -2.86. The van der Waals surface area contributed by atoms with Crippen molar-refractivity contribution in [1.82, 2.24) is 0 Å². The highest BCUT2D eigenvalue weighted by Crippen LogP contribution is 2.26. The van der Waals surface area contributed by atoms with Gasteiger partial charge in [0.05, 0.1) is 13.0 Å². The molecule has 1 unspecified atom stereocenters. The Balaban J connectivity index is 2.38. The maximum Gasteiger partial charge on any atom is 0.387 e. The molecule has 0 aliphatic heterocycles. The second-order valence-corrected chi connectivity index (χ2v) is 4.39. The highest BCUT2D eigenvalue weighted by molar-refractivity contribution is 5.86. The van der Waals surface area contributed by atoms with Crippen LogP contribution in [0.5, 0.6) is 5.75 Å². The molecule has 0 saturated heterocycles. The quantitative estimate of drug-likeness (QED) is 0.801. The summed E-state index contributed by atoms with van der Waals surface area (Å²) in [7, 11) is 1.33. The van der Waals surface area contributed by atoms with Crippen molar-refractivity contribution in [2.75, 3.05) is 7.11 Å². The molecular formula is C15H14F2O3. The van der Waals surface area contributed by atoms with E-state index in [1.54, 1.807) is 19.1 Å². The van der Waals surface area contributed by atoms with Gasteiger partial charge in [-0.05, 0) is 35.4 Å². The molecule has 0 saturated carbocycles. The van der Waals surface area contributed by atoms with Crippen LogP contribution in [0.1, 0.15) is 18.4 Å². The maximum atomic E-state index is 12.2. The lowest BCUT2D eigenvalue weighted by molar-refractivity contribution is -0.141. The lowest BCUT2D eigenvalue weighted by Gasteiger charge is -2.11. The van der Waals surface area contributed by atoms with Gasteiger partial charge >= 0.3 is 12.6 Å². The van der Waals surface area contributed by atoms with Crippen molar-refractivity contribution < 1.29 is 23.0 Å². The molecule has 3 nitrogen and oxygen atoms in total. The first-order chi connectivity index (χ1) is 9.51.